The number of unbranched alkanes of at least 4 members (excludes halogenated alkanes) is 6. The Morgan fingerprint density at radius 3 is 1.97 bits per heavy atom. The number of ketones is 1. The second-order valence-corrected chi connectivity index (χ2v) is 7.87. The molecule has 3 atom stereocenters. The van der Waals surface area contributed by atoms with Gasteiger partial charge in [-0.1, -0.05) is 52.4 Å². The number of nitrogens with two attached hydrogens (primary N) is 1. The summed E-state index contributed by atoms with van der Waals surface area (Å²) in [7, 11) is 0. The second-order valence-electron chi connectivity index (χ2n) is 7.87. The fourth-order valence-electron chi connectivity index (χ4n) is 2.99. The molecule has 3 unspecified atom stereocenters. The van der Waals surface area contributed by atoms with Crippen LogP contribution in [0, 0.1) is 0 Å². The van der Waals surface area contributed by atoms with Crippen molar-refractivity contribution < 1.29 is 19.2 Å². The smallest absolute Gasteiger partial charge is 0.237 e. The van der Waals surface area contributed by atoms with Crippen LogP contribution >= 0.6 is 0 Å². The van der Waals surface area contributed by atoms with Crippen molar-refractivity contribution >= 4 is 23.9 Å². The molecule has 0 radical (unpaired) electrons. The number of carbonyl (C=O) groups is 4. The number of hydrogen-bond acceptors (Lipinski definition) is 6. The quantitative estimate of drug-likeness (QED) is 0.183. The first-order valence-corrected chi connectivity index (χ1v) is 11.4. The highest BCUT2D eigenvalue weighted by Gasteiger charge is 2.23. The summed E-state index contributed by atoms with van der Waals surface area (Å²) in [4.78, 5) is 47.6. The van der Waals surface area contributed by atoms with Gasteiger partial charge in [0.2, 0.25) is 11.8 Å². The highest BCUT2D eigenvalue weighted by molar-refractivity contribution is 5.91. The predicted octanol–water partition coefficient (Wildman–Crippen LogP) is 1.60. The zero-order chi connectivity index (χ0) is 22.8. The lowest BCUT2D eigenvalue weighted by atomic mass is 10.0. The Balaban J connectivity index is 4.23. The van der Waals surface area contributed by atoms with Crippen LogP contribution in [-0.4, -0.2) is 55.1 Å². The zero-order valence-electron chi connectivity index (χ0n) is 19.0. The van der Waals surface area contributed by atoms with Crippen molar-refractivity contribution in [3.8, 4) is 0 Å². The van der Waals surface area contributed by atoms with Gasteiger partial charge in [-0.25, -0.2) is 0 Å². The number of aldehydes is 1. The molecular weight excluding hydrogens is 384 g/mol. The van der Waals surface area contributed by atoms with Gasteiger partial charge in [0.15, 0.2) is 5.78 Å². The van der Waals surface area contributed by atoms with E-state index in [0.717, 1.165) is 51.4 Å². The lowest BCUT2D eigenvalue weighted by Gasteiger charge is -2.19. The van der Waals surface area contributed by atoms with Gasteiger partial charge in [0.1, 0.15) is 6.29 Å². The van der Waals surface area contributed by atoms with Crippen LogP contribution in [0.3, 0.4) is 0 Å². The highest BCUT2D eigenvalue weighted by atomic mass is 16.2. The predicted molar refractivity (Wildman–Crippen MR) is 119 cm³/mol. The Kier molecular flexibility index (Phi) is 16.9. The minimum atomic E-state index is -0.922. The average Bonchev–Trinajstić information content (AvgIpc) is 2.72. The third kappa shape index (κ3) is 14.2. The monoisotopic (exact) mass is 426 g/mol. The van der Waals surface area contributed by atoms with Gasteiger partial charge in [0.25, 0.3) is 0 Å². The normalized spacial score (nSPS) is 13.9. The molecule has 30 heavy (non-hydrogen) atoms. The summed E-state index contributed by atoms with van der Waals surface area (Å²) in [6, 6.07) is -2.36. The molecule has 0 bridgehead atoms. The summed E-state index contributed by atoms with van der Waals surface area (Å²) in [5.74, 6) is -0.841. The van der Waals surface area contributed by atoms with Crippen molar-refractivity contribution in [1.82, 2.24) is 16.0 Å². The van der Waals surface area contributed by atoms with Crippen LogP contribution in [0.25, 0.3) is 0 Å². The van der Waals surface area contributed by atoms with Crippen molar-refractivity contribution in [2.45, 2.75) is 103 Å². The molecule has 0 saturated heterocycles. The molecule has 174 valence electrons. The van der Waals surface area contributed by atoms with Crippen molar-refractivity contribution in [2.75, 3.05) is 13.1 Å². The van der Waals surface area contributed by atoms with Gasteiger partial charge in [0, 0.05) is 25.9 Å². The van der Waals surface area contributed by atoms with Crippen LogP contribution in [0.2, 0.25) is 0 Å². The molecule has 5 N–H and O–H groups in total. The number of hydrogen-bond donors (Lipinski definition) is 4. The Morgan fingerprint density at radius 1 is 0.867 bits per heavy atom. The van der Waals surface area contributed by atoms with Crippen LogP contribution in [0.4, 0.5) is 0 Å². The van der Waals surface area contributed by atoms with Gasteiger partial charge < -0.3 is 21.2 Å². The molecule has 0 aromatic rings. The standard InChI is InChI=1S/C22H42N4O4/c1-4-6-8-10-12-24-21(29)14-18(16-27)26-17(3)20(28)15-19(23)22(30)25-13-11-9-7-5-2/h16-19,26H,4-15,23H2,1-3H3,(H,24,29)(H,25,30). The highest BCUT2D eigenvalue weighted by Crippen LogP contribution is 2.01. The van der Waals surface area contributed by atoms with Crippen LogP contribution in [0.5, 0.6) is 0 Å². The van der Waals surface area contributed by atoms with E-state index in [1.807, 2.05) is 0 Å². The average molecular weight is 427 g/mol. The van der Waals surface area contributed by atoms with E-state index in [-0.39, 0.29) is 30.4 Å². The second kappa shape index (κ2) is 18.0. The number of amides is 2. The maximum Gasteiger partial charge on any atom is 0.237 e. The molecule has 0 saturated carbocycles. The molecule has 0 spiro atoms. The lowest BCUT2D eigenvalue weighted by molar-refractivity contribution is -0.128. The summed E-state index contributed by atoms with van der Waals surface area (Å²) >= 11 is 0. The molecule has 0 fully saturated rings. The number of rotatable bonds is 19. The first-order valence-electron chi connectivity index (χ1n) is 11.4. The minimum Gasteiger partial charge on any atom is -0.356 e. The summed E-state index contributed by atoms with van der Waals surface area (Å²) in [5.41, 5.74) is 5.84. The number of Topliss-reactive ketones (excluding diaryl/α,β-unsaturated/α-hetero) is 1. The van der Waals surface area contributed by atoms with Gasteiger partial charge in [0.05, 0.1) is 18.1 Å². The Bertz CT molecular complexity index is 513. The third-order valence-electron chi connectivity index (χ3n) is 4.96. The molecular formula is C22H42N4O4. The first kappa shape index (κ1) is 28.2. The molecule has 8 nitrogen and oxygen atoms in total. The molecule has 2 amide bonds. The van der Waals surface area contributed by atoms with Crippen LogP contribution in [0.15, 0.2) is 0 Å². The summed E-state index contributed by atoms with van der Waals surface area (Å²) in [6.07, 6.45) is 8.89. The fraction of sp³-hybridized carbons (Fsp3) is 0.818. The first-order chi connectivity index (χ1) is 14.3. The van der Waals surface area contributed by atoms with Crippen LogP contribution < -0.4 is 21.7 Å². The van der Waals surface area contributed by atoms with E-state index >= 15 is 0 Å². The maximum absolute atomic E-state index is 12.3. The molecule has 0 aromatic carbocycles. The van der Waals surface area contributed by atoms with E-state index in [0.29, 0.717) is 19.4 Å². The fourth-order valence-corrected chi connectivity index (χ4v) is 2.99. The van der Waals surface area contributed by atoms with Gasteiger partial charge in [-0.3, -0.25) is 19.7 Å². The van der Waals surface area contributed by atoms with E-state index in [1.165, 1.54) is 0 Å². The Labute approximate surface area is 181 Å². The largest absolute Gasteiger partial charge is 0.356 e. The molecule has 0 rings (SSSR count). The summed E-state index contributed by atoms with van der Waals surface area (Å²) in [5, 5.41) is 8.40. The van der Waals surface area contributed by atoms with Gasteiger partial charge in [-0.15, -0.1) is 0 Å². The van der Waals surface area contributed by atoms with E-state index < -0.39 is 18.1 Å². The van der Waals surface area contributed by atoms with E-state index in [9.17, 15) is 19.2 Å². The lowest BCUT2D eigenvalue weighted by Crippen LogP contribution is -2.48. The van der Waals surface area contributed by atoms with Gasteiger partial charge >= 0.3 is 0 Å². The summed E-state index contributed by atoms with van der Waals surface area (Å²) in [6.45, 7) is 6.98. The molecule has 0 heterocycles. The number of nitrogens with one attached hydrogen (secondary N) is 3. The summed E-state index contributed by atoms with van der Waals surface area (Å²) < 4.78 is 0. The van der Waals surface area contributed by atoms with E-state index in [1.54, 1.807) is 6.92 Å². The minimum absolute atomic E-state index is 0.0286. The third-order valence-corrected chi connectivity index (χ3v) is 4.96. The number of carbonyl (C=O) groups excluding carboxylic acids is 4. The maximum atomic E-state index is 12.3. The van der Waals surface area contributed by atoms with E-state index in [2.05, 4.69) is 29.8 Å². The van der Waals surface area contributed by atoms with Crippen molar-refractivity contribution in [3.63, 3.8) is 0 Å². The van der Waals surface area contributed by atoms with Gasteiger partial charge in [-0.05, 0) is 19.8 Å². The molecule has 0 aromatic heterocycles. The SMILES string of the molecule is CCCCCCNC(=O)CC(C=O)NC(C)C(=O)CC(N)C(=O)NCCCCCC. The van der Waals surface area contributed by atoms with E-state index in [4.69, 9.17) is 5.73 Å². The molecule has 8 heteroatoms. The Hall–Kier alpha value is -1.80. The van der Waals surface area contributed by atoms with Gasteiger partial charge in [-0.2, -0.15) is 0 Å². The molecule has 0 aliphatic carbocycles. The topological polar surface area (TPSA) is 130 Å². The molecule has 0 aliphatic rings. The van der Waals surface area contributed by atoms with Crippen molar-refractivity contribution in [1.29, 1.82) is 0 Å². The Morgan fingerprint density at radius 2 is 1.43 bits per heavy atom. The van der Waals surface area contributed by atoms with Crippen molar-refractivity contribution in [2.24, 2.45) is 5.73 Å². The van der Waals surface area contributed by atoms with Crippen LogP contribution in [0.1, 0.15) is 85.0 Å². The van der Waals surface area contributed by atoms with Crippen molar-refractivity contribution in [3.05, 3.63) is 0 Å². The molecule has 0 aliphatic heterocycles. The van der Waals surface area contributed by atoms with Crippen LogP contribution in [-0.2, 0) is 19.2 Å². The zero-order valence-corrected chi connectivity index (χ0v) is 19.0.